The van der Waals surface area contributed by atoms with Crippen LogP contribution >= 0.6 is 0 Å². The maximum atomic E-state index is 10.7. The molecule has 1 aromatic carbocycles. The summed E-state index contributed by atoms with van der Waals surface area (Å²) in [7, 11) is 1.63. The van der Waals surface area contributed by atoms with E-state index in [0.717, 1.165) is 56.6 Å². The fourth-order valence-electron chi connectivity index (χ4n) is 3.10. The van der Waals surface area contributed by atoms with Crippen molar-refractivity contribution >= 4 is 6.08 Å². The zero-order valence-electron chi connectivity index (χ0n) is 12.8. The smallest absolute Gasteiger partial charge is 0.235 e. The molecule has 1 saturated heterocycles. The first kappa shape index (κ1) is 15.1. The van der Waals surface area contributed by atoms with Gasteiger partial charge in [0.25, 0.3) is 0 Å². The highest BCUT2D eigenvalue weighted by Gasteiger charge is 2.39. The van der Waals surface area contributed by atoms with E-state index in [9.17, 15) is 4.79 Å². The number of hydrogen-bond acceptors (Lipinski definition) is 5. The molecule has 1 aromatic rings. The first-order valence-corrected chi connectivity index (χ1v) is 7.79. The molecule has 22 heavy (non-hydrogen) atoms. The third-order valence-corrected chi connectivity index (χ3v) is 4.60. The molecule has 1 saturated carbocycles. The number of carbonyl (C=O) groups excluding carboxylic acids is 1. The van der Waals surface area contributed by atoms with Gasteiger partial charge in [-0.3, -0.25) is 0 Å². The minimum atomic E-state index is -0.415. The van der Waals surface area contributed by atoms with Gasteiger partial charge in [-0.05, 0) is 37.0 Å². The summed E-state index contributed by atoms with van der Waals surface area (Å²) < 4.78 is 16.9. The van der Waals surface area contributed by atoms with Gasteiger partial charge in [0.2, 0.25) is 6.08 Å². The number of hydrogen-bond donors (Lipinski definition) is 0. The van der Waals surface area contributed by atoms with Crippen molar-refractivity contribution < 1.29 is 19.0 Å². The van der Waals surface area contributed by atoms with E-state index in [4.69, 9.17) is 14.2 Å². The van der Waals surface area contributed by atoms with Crippen molar-refractivity contribution in [3.8, 4) is 11.5 Å². The zero-order valence-corrected chi connectivity index (χ0v) is 12.8. The van der Waals surface area contributed by atoms with E-state index in [1.807, 2.05) is 18.2 Å². The van der Waals surface area contributed by atoms with Crippen LogP contribution in [0, 0.1) is 0 Å². The van der Waals surface area contributed by atoms with Crippen LogP contribution in [-0.2, 0) is 15.1 Å². The van der Waals surface area contributed by atoms with E-state index in [2.05, 4.69) is 4.99 Å². The molecule has 0 radical (unpaired) electrons. The minimum Gasteiger partial charge on any atom is -0.493 e. The van der Waals surface area contributed by atoms with Crippen LogP contribution in [-0.4, -0.2) is 32.5 Å². The van der Waals surface area contributed by atoms with Gasteiger partial charge in [0.1, 0.15) is 6.10 Å². The molecular formula is C17H21NO4. The molecule has 0 aromatic heterocycles. The lowest BCUT2D eigenvalue weighted by Gasteiger charge is -2.37. The van der Waals surface area contributed by atoms with Gasteiger partial charge >= 0.3 is 0 Å². The minimum absolute atomic E-state index is 0.143. The fourth-order valence-corrected chi connectivity index (χ4v) is 3.10. The zero-order chi connectivity index (χ0) is 15.4. The second kappa shape index (κ2) is 6.51. The fraction of sp³-hybridized carbons (Fsp3) is 0.588. The molecule has 2 aliphatic rings. The number of methoxy groups -OCH3 is 1. The molecule has 0 bridgehead atoms. The highest BCUT2D eigenvalue weighted by Crippen LogP contribution is 2.46. The van der Waals surface area contributed by atoms with Gasteiger partial charge in [-0.2, -0.15) is 4.99 Å². The Morgan fingerprint density at radius 1 is 1.27 bits per heavy atom. The van der Waals surface area contributed by atoms with E-state index in [1.54, 1.807) is 13.2 Å². The Morgan fingerprint density at radius 3 is 2.64 bits per heavy atom. The predicted molar refractivity (Wildman–Crippen MR) is 81.1 cm³/mol. The lowest BCUT2D eigenvalue weighted by Crippen LogP contribution is -2.32. The third-order valence-electron chi connectivity index (χ3n) is 4.60. The van der Waals surface area contributed by atoms with Gasteiger partial charge in [-0.15, -0.1) is 0 Å². The van der Waals surface area contributed by atoms with Gasteiger partial charge in [0.15, 0.2) is 11.5 Å². The first-order chi connectivity index (χ1) is 10.8. The van der Waals surface area contributed by atoms with Crippen LogP contribution < -0.4 is 9.47 Å². The van der Waals surface area contributed by atoms with Gasteiger partial charge in [0.05, 0.1) is 25.9 Å². The Morgan fingerprint density at radius 2 is 2.05 bits per heavy atom. The van der Waals surface area contributed by atoms with Crippen molar-refractivity contribution in [2.45, 2.75) is 43.7 Å². The average Bonchev–Trinajstić information content (AvgIpc) is 2.52. The molecule has 5 heteroatoms. The van der Waals surface area contributed by atoms with Gasteiger partial charge in [-0.1, -0.05) is 6.07 Å². The maximum Gasteiger partial charge on any atom is 0.235 e. The van der Waals surface area contributed by atoms with E-state index < -0.39 is 5.54 Å². The third kappa shape index (κ3) is 2.87. The Balaban J connectivity index is 1.87. The molecule has 1 aliphatic heterocycles. The van der Waals surface area contributed by atoms with Crippen LogP contribution in [0.15, 0.2) is 23.2 Å². The highest BCUT2D eigenvalue weighted by molar-refractivity contribution is 5.47. The summed E-state index contributed by atoms with van der Waals surface area (Å²) in [4.78, 5) is 14.8. The highest BCUT2D eigenvalue weighted by atomic mass is 16.5. The molecular weight excluding hydrogens is 282 g/mol. The summed E-state index contributed by atoms with van der Waals surface area (Å²) in [5.74, 6) is 1.43. The average molecular weight is 303 g/mol. The van der Waals surface area contributed by atoms with E-state index in [1.165, 1.54) is 0 Å². The van der Waals surface area contributed by atoms with Crippen molar-refractivity contribution in [2.75, 3.05) is 20.3 Å². The Bertz CT molecular complexity index is 570. The standard InChI is InChI=1S/C17H21NO4/c1-20-15-4-3-13(17(18-12-19)7-2-8-17)11-16(15)22-14-5-9-21-10-6-14/h3-4,11,14H,2,5-10H2,1H3. The molecule has 0 amide bonds. The summed E-state index contributed by atoms with van der Waals surface area (Å²) in [6.45, 7) is 1.46. The summed E-state index contributed by atoms with van der Waals surface area (Å²) in [6.07, 6.45) is 6.47. The predicted octanol–water partition coefficient (Wildman–Crippen LogP) is 2.97. The van der Waals surface area contributed by atoms with Crippen molar-refractivity contribution in [1.82, 2.24) is 0 Å². The van der Waals surface area contributed by atoms with Crippen molar-refractivity contribution in [3.05, 3.63) is 23.8 Å². The lowest BCUT2D eigenvalue weighted by molar-refractivity contribution is 0.0244. The molecule has 0 spiro atoms. The Labute approximate surface area is 130 Å². The van der Waals surface area contributed by atoms with Crippen LogP contribution in [0.4, 0.5) is 0 Å². The molecule has 0 atom stereocenters. The second-order valence-corrected chi connectivity index (χ2v) is 5.88. The summed E-state index contributed by atoms with van der Waals surface area (Å²) >= 11 is 0. The number of aliphatic imine (C=N–C) groups is 1. The topological polar surface area (TPSA) is 57.1 Å². The quantitative estimate of drug-likeness (QED) is 0.620. The summed E-state index contributed by atoms with van der Waals surface area (Å²) in [6, 6.07) is 5.83. The lowest BCUT2D eigenvalue weighted by atomic mass is 9.72. The van der Waals surface area contributed by atoms with Crippen molar-refractivity contribution in [2.24, 2.45) is 4.99 Å². The SMILES string of the molecule is COc1ccc(C2(N=C=O)CCC2)cc1OC1CCOCC1. The van der Waals surface area contributed by atoms with E-state index in [-0.39, 0.29) is 6.10 Å². The van der Waals surface area contributed by atoms with Gasteiger partial charge in [0, 0.05) is 12.8 Å². The Hall–Kier alpha value is -1.84. The molecule has 1 aliphatic carbocycles. The normalized spacial score (nSPS) is 20.6. The van der Waals surface area contributed by atoms with Crippen LogP contribution in [0.5, 0.6) is 11.5 Å². The molecule has 0 N–H and O–H groups in total. The Kier molecular flexibility index (Phi) is 4.46. The maximum absolute atomic E-state index is 10.7. The van der Waals surface area contributed by atoms with Gasteiger partial charge < -0.3 is 14.2 Å². The number of benzene rings is 1. The monoisotopic (exact) mass is 303 g/mol. The molecule has 5 nitrogen and oxygen atoms in total. The molecule has 3 rings (SSSR count). The molecule has 118 valence electrons. The van der Waals surface area contributed by atoms with E-state index in [0.29, 0.717) is 5.75 Å². The van der Waals surface area contributed by atoms with Crippen molar-refractivity contribution in [1.29, 1.82) is 0 Å². The van der Waals surface area contributed by atoms with Crippen molar-refractivity contribution in [3.63, 3.8) is 0 Å². The molecule has 2 fully saturated rings. The molecule has 1 heterocycles. The summed E-state index contributed by atoms with van der Waals surface area (Å²) in [5.41, 5.74) is 0.590. The number of ether oxygens (including phenoxy) is 3. The number of rotatable bonds is 5. The molecule has 0 unspecified atom stereocenters. The first-order valence-electron chi connectivity index (χ1n) is 7.79. The van der Waals surface area contributed by atoms with Crippen LogP contribution in [0.1, 0.15) is 37.7 Å². The number of nitrogens with zero attached hydrogens (tertiary/aromatic N) is 1. The van der Waals surface area contributed by atoms with Gasteiger partial charge in [-0.25, -0.2) is 4.79 Å². The largest absolute Gasteiger partial charge is 0.493 e. The number of isocyanates is 1. The summed E-state index contributed by atoms with van der Waals surface area (Å²) in [5, 5.41) is 0. The van der Waals surface area contributed by atoms with E-state index >= 15 is 0 Å². The van der Waals surface area contributed by atoms with Crippen LogP contribution in [0.25, 0.3) is 0 Å². The van der Waals surface area contributed by atoms with Crippen LogP contribution in [0.3, 0.4) is 0 Å². The van der Waals surface area contributed by atoms with Crippen LogP contribution in [0.2, 0.25) is 0 Å². The second-order valence-electron chi connectivity index (χ2n) is 5.88.